The van der Waals surface area contributed by atoms with Crippen LogP contribution in [0, 0.1) is 0 Å². The highest BCUT2D eigenvalue weighted by molar-refractivity contribution is 6.30. The summed E-state index contributed by atoms with van der Waals surface area (Å²) in [6.07, 6.45) is -5.12. The second kappa shape index (κ2) is 4.43. The summed E-state index contributed by atoms with van der Waals surface area (Å²) in [5, 5.41) is 0.102. The van der Waals surface area contributed by atoms with Gasteiger partial charge < -0.3 is 4.74 Å². The van der Waals surface area contributed by atoms with E-state index in [-0.39, 0.29) is 16.9 Å². The van der Waals surface area contributed by atoms with Gasteiger partial charge in [0.2, 0.25) is 5.60 Å². The van der Waals surface area contributed by atoms with E-state index < -0.39 is 11.8 Å². The highest BCUT2D eigenvalue weighted by Gasteiger charge is 2.57. The molecule has 0 aliphatic rings. The van der Waals surface area contributed by atoms with Gasteiger partial charge in [-0.3, -0.25) is 4.79 Å². The molecule has 6 heteroatoms. The molecule has 0 amide bonds. The molecule has 0 saturated carbocycles. The minimum atomic E-state index is -4.84. The van der Waals surface area contributed by atoms with Crippen molar-refractivity contribution in [2.24, 2.45) is 0 Å². The van der Waals surface area contributed by atoms with Gasteiger partial charge in [-0.15, -0.1) is 0 Å². The van der Waals surface area contributed by atoms with Crippen LogP contribution in [-0.2, 0) is 15.1 Å². The molecule has 0 spiro atoms. The fourth-order valence-corrected chi connectivity index (χ4v) is 1.49. The molecule has 1 atom stereocenters. The third kappa shape index (κ3) is 2.05. The first-order chi connectivity index (χ1) is 7.37. The summed E-state index contributed by atoms with van der Waals surface area (Å²) in [4.78, 5) is 10.7. The van der Waals surface area contributed by atoms with Crippen LogP contribution in [0.15, 0.2) is 24.3 Å². The molecule has 0 aliphatic heterocycles. The molecule has 1 aromatic rings. The number of aldehydes is 1. The van der Waals surface area contributed by atoms with Gasteiger partial charge in [0.15, 0.2) is 6.29 Å². The molecule has 0 N–H and O–H groups in total. The van der Waals surface area contributed by atoms with Crippen molar-refractivity contribution in [3.05, 3.63) is 34.9 Å². The van der Waals surface area contributed by atoms with Crippen molar-refractivity contribution >= 4 is 17.9 Å². The maximum absolute atomic E-state index is 12.8. The molecule has 0 heterocycles. The molecule has 0 bridgehead atoms. The zero-order valence-corrected chi connectivity index (χ0v) is 8.97. The number of carbonyl (C=O) groups is 1. The third-order valence-corrected chi connectivity index (χ3v) is 2.40. The molecular weight excluding hydrogens is 245 g/mol. The Morgan fingerprint density at radius 3 is 2.38 bits per heavy atom. The Balaban J connectivity index is 3.38. The highest BCUT2D eigenvalue weighted by atomic mass is 35.5. The number of hydrogen-bond donors (Lipinski definition) is 0. The van der Waals surface area contributed by atoms with Gasteiger partial charge in [-0.2, -0.15) is 13.2 Å². The first kappa shape index (κ1) is 13.0. The Morgan fingerprint density at radius 2 is 2.00 bits per heavy atom. The zero-order valence-electron chi connectivity index (χ0n) is 8.22. The van der Waals surface area contributed by atoms with Crippen molar-refractivity contribution in [1.29, 1.82) is 0 Å². The second-order valence-corrected chi connectivity index (χ2v) is 3.50. The highest BCUT2D eigenvalue weighted by Crippen LogP contribution is 2.40. The zero-order chi connectivity index (χ0) is 12.4. The summed E-state index contributed by atoms with van der Waals surface area (Å²) in [6, 6.07) is 4.91. The molecule has 0 fully saturated rings. The number of hydrogen-bond acceptors (Lipinski definition) is 2. The van der Waals surface area contributed by atoms with Crippen LogP contribution in [0.3, 0.4) is 0 Å². The van der Waals surface area contributed by atoms with Gasteiger partial charge in [0.25, 0.3) is 0 Å². The van der Waals surface area contributed by atoms with E-state index in [2.05, 4.69) is 4.74 Å². The fraction of sp³-hybridized carbons (Fsp3) is 0.300. The lowest BCUT2D eigenvalue weighted by molar-refractivity contribution is -0.258. The van der Waals surface area contributed by atoms with Gasteiger partial charge in [0.1, 0.15) is 0 Å². The number of benzene rings is 1. The van der Waals surface area contributed by atoms with E-state index in [4.69, 9.17) is 11.6 Å². The molecule has 1 aromatic carbocycles. The molecule has 1 rings (SSSR count). The van der Waals surface area contributed by atoms with Crippen LogP contribution in [0.5, 0.6) is 0 Å². The molecule has 0 saturated heterocycles. The first-order valence-electron chi connectivity index (χ1n) is 4.21. The van der Waals surface area contributed by atoms with Gasteiger partial charge in [-0.1, -0.05) is 23.7 Å². The van der Waals surface area contributed by atoms with Crippen LogP contribution < -0.4 is 0 Å². The average molecular weight is 253 g/mol. The van der Waals surface area contributed by atoms with Crippen molar-refractivity contribution < 1.29 is 22.7 Å². The van der Waals surface area contributed by atoms with Gasteiger partial charge in [-0.25, -0.2) is 0 Å². The van der Waals surface area contributed by atoms with Gasteiger partial charge >= 0.3 is 6.18 Å². The Kier molecular flexibility index (Phi) is 3.60. The number of methoxy groups -OCH3 is 1. The van der Waals surface area contributed by atoms with Crippen LogP contribution in [0.4, 0.5) is 13.2 Å². The molecule has 16 heavy (non-hydrogen) atoms. The maximum atomic E-state index is 12.8. The summed E-state index contributed by atoms with van der Waals surface area (Å²) in [6.45, 7) is 0. The van der Waals surface area contributed by atoms with Gasteiger partial charge in [-0.05, 0) is 12.1 Å². The van der Waals surface area contributed by atoms with Crippen LogP contribution in [0.2, 0.25) is 5.02 Å². The number of halogens is 4. The molecule has 2 nitrogen and oxygen atoms in total. The first-order valence-corrected chi connectivity index (χ1v) is 4.59. The van der Waals surface area contributed by atoms with E-state index in [0.717, 1.165) is 19.2 Å². The predicted molar refractivity (Wildman–Crippen MR) is 52.3 cm³/mol. The monoisotopic (exact) mass is 252 g/mol. The largest absolute Gasteiger partial charge is 0.428 e. The molecular formula is C10H8ClF3O2. The normalized spacial score (nSPS) is 15.6. The maximum Gasteiger partial charge on any atom is 0.428 e. The summed E-state index contributed by atoms with van der Waals surface area (Å²) in [7, 11) is 0.822. The second-order valence-electron chi connectivity index (χ2n) is 3.07. The Bertz CT molecular complexity index is 392. The summed E-state index contributed by atoms with van der Waals surface area (Å²) in [5.41, 5.74) is -3.30. The van der Waals surface area contributed by atoms with Crippen molar-refractivity contribution in [2.75, 3.05) is 7.11 Å². The number of ether oxygens (including phenoxy) is 1. The van der Waals surface area contributed by atoms with E-state index in [9.17, 15) is 18.0 Å². The lowest BCUT2D eigenvalue weighted by atomic mass is 9.94. The lowest BCUT2D eigenvalue weighted by Crippen LogP contribution is -2.45. The molecule has 88 valence electrons. The van der Waals surface area contributed by atoms with Crippen LogP contribution in [0.1, 0.15) is 5.56 Å². The minimum Gasteiger partial charge on any atom is -0.358 e. The van der Waals surface area contributed by atoms with E-state index >= 15 is 0 Å². The van der Waals surface area contributed by atoms with Crippen LogP contribution in [0.25, 0.3) is 0 Å². The average Bonchev–Trinajstić information content (AvgIpc) is 2.18. The summed E-state index contributed by atoms with van der Waals surface area (Å²) >= 11 is 5.58. The Hall–Kier alpha value is -1.07. The van der Waals surface area contributed by atoms with E-state index in [0.29, 0.717) is 0 Å². The summed E-state index contributed by atoms with van der Waals surface area (Å²) in [5.74, 6) is 0. The minimum absolute atomic E-state index is 0.102. The standard InChI is InChI=1S/C10H8ClF3O2/c1-16-9(6-15,10(12,13)14)7-3-2-4-8(11)5-7/h2-6H,1H3. The number of alkyl halides is 3. The Labute approximate surface area is 95.0 Å². The predicted octanol–water partition coefficient (Wildman–Crippen LogP) is 2.94. The van der Waals surface area contributed by atoms with Gasteiger partial charge in [0.05, 0.1) is 0 Å². The van der Waals surface area contributed by atoms with Crippen LogP contribution >= 0.6 is 11.6 Å². The van der Waals surface area contributed by atoms with Crippen molar-refractivity contribution in [3.8, 4) is 0 Å². The Morgan fingerprint density at radius 1 is 1.38 bits per heavy atom. The number of carbonyl (C=O) groups excluding carboxylic acids is 1. The molecule has 0 aliphatic carbocycles. The van der Waals surface area contributed by atoms with E-state index in [1.165, 1.54) is 12.1 Å². The molecule has 0 radical (unpaired) electrons. The fourth-order valence-electron chi connectivity index (χ4n) is 1.30. The van der Waals surface area contributed by atoms with Crippen molar-refractivity contribution in [3.63, 3.8) is 0 Å². The molecule has 1 unspecified atom stereocenters. The van der Waals surface area contributed by atoms with Crippen molar-refractivity contribution in [2.45, 2.75) is 11.8 Å². The van der Waals surface area contributed by atoms with Gasteiger partial charge in [0, 0.05) is 17.7 Å². The number of rotatable bonds is 3. The summed E-state index contributed by atoms with van der Waals surface area (Å²) < 4.78 is 42.7. The van der Waals surface area contributed by atoms with Crippen LogP contribution in [-0.4, -0.2) is 19.6 Å². The SMILES string of the molecule is COC(C=O)(c1cccc(Cl)c1)C(F)(F)F. The smallest absolute Gasteiger partial charge is 0.358 e. The van der Waals surface area contributed by atoms with Crippen molar-refractivity contribution in [1.82, 2.24) is 0 Å². The lowest BCUT2D eigenvalue weighted by Gasteiger charge is -2.29. The topological polar surface area (TPSA) is 26.3 Å². The molecule has 0 aromatic heterocycles. The van der Waals surface area contributed by atoms with E-state index in [1.807, 2.05) is 0 Å². The third-order valence-electron chi connectivity index (χ3n) is 2.16. The quantitative estimate of drug-likeness (QED) is 0.773. The van der Waals surface area contributed by atoms with E-state index in [1.54, 1.807) is 0 Å².